The van der Waals surface area contributed by atoms with Gasteiger partial charge in [0.25, 0.3) is 0 Å². The standard InChI is InChI=1S/C10H15N3O/c1-8-5-12-10(6-11-8)13-3-4-14-9(2)7-13/h5-6,9H,3-4,7H2,1-2H3. The van der Waals surface area contributed by atoms with E-state index in [1.54, 1.807) is 6.20 Å². The predicted molar refractivity (Wildman–Crippen MR) is 54.4 cm³/mol. The van der Waals surface area contributed by atoms with Crippen LogP contribution in [0.15, 0.2) is 12.4 Å². The van der Waals surface area contributed by atoms with Crippen LogP contribution in [0.3, 0.4) is 0 Å². The second-order valence-corrected chi connectivity index (χ2v) is 3.64. The maximum absolute atomic E-state index is 5.46. The molecule has 2 heterocycles. The van der Waals surface area contributed by atoms with E-state index >= 15 is 0 Å². The van der Waals surface area contributed by atoms with E-state index in [1.807, 2.05) is 13.1 Å². The summed E-state index contributed by atoms with van der Waals surface area (Å²) in [6.45, 7) is 6.60. The van der Waals surface area contributed by atoms with Crippen LogP contribution in [0.25, 0.3) is 0 Å². The summed E-state index contributed by atoms with van der Waals surface area (Å²) in [5.74, 6) is 0.950. The molecular weight excluding hydrogens is 178 g/mol. The van der Waals surface area contributed by atoms with Crippen molar-refractivity contribution < 1.29 is 4.74 Å². The van der Waals surface area contributed by atoms with Gasteiger partial charge in [-0.3, -0.25) is 4.98 Å². The van der Waals surface area contributed by atoms with Gasteiger partial charge in [0.2, 0.25) is 0 Å². The van der Waals surface area contributed by atoms with Crippen molar-refractivity contribution in [2.75, 3.05) is 24.6 Å². The molecule has 1 unspecified atom stereocenters. The van der Waals surface area contributed by atoms with Gasteiger partial charge in [-0.1, -0.05) is 0 Å². The van der Waals surface area contributed by atoms with Crippen molar-refractivity contribution in [2.45, 2.75) is 20.0 Å². The number of aromatic nitrogens is 2. The van der Waals surface area contributed by atoms with Gasteiger partial charge in [-0.15, -0.1) is 0 Å². The van der Waals surface area contributed by atoms with E-state index in [2.05, 4.69) is 21.8 Å². The van der Waals surface area contributed by atoms with Crippen LogP contribution >= 0.6 is 0 Å². The molecule has 0 bridgehead atoms. The number of hydrogen-bond acceptors (Lipinski definition) is 4. The summed E-state index contributed by atoms with van der Waals surface area (Å²) in [6, 6.07) is 0. The Hall–Kier alpha value is -1.16. The van der Waals surface area contributed by atoms with Crippen molar-refractivity contribution >= 4 is 5.82 Å². The normalized spacial score (nSPS) is 22.4. The van der Waals surface area contributed by atoms with Crippen LogP contribution < -0.4 is 4.90 Å². The van der Waals surface area contributed by atoms with Crippen molar-refractivity contribution in [3.63, 3.8) is 0 Å². The van der Waals surface area contributed by atoms with Gasteiger partial charge in [0.1, 0.15) is 5.82 Å². The monoisotopic (exact) mass is 193 g/mol. The molecule has 0 saturated carbocycles. The number of anilines is 1. The van der Waals surface area contributed by atoms with Gasteiger partial charge in [-0.25, -0.2) is 4.98 Å². The maximum Gasteiger partial charge on any atom is 0.147 e. The van der Waals surface area contributed by atoms with Crippen LogP contribution in [0.1, 0.15) is 12.6 Å². The van der Waals surface area contributed by atoms with Crippen molar-refractivity contribution in [1.82, 2.24) is 9.97 Å². The Kier molecular flexibility index (Phi) is 2.63. The summed E-state index contributed by atoms with van der Waals surface area (Å²) in [6.07, 6.45) is 3.91. The fourth-order valence-electron chi connectivity index (χ4n) is 1.58. The summed E-state index contributed by atoms with van der Waals surface area (Å²) in [4.78, 5) is 10.8. The van der Waals surface area contributed by atoms with E-state index < -0.39 is 0 Å². The zero-order valence-electron chi connectivity index (χ0n) is 8.60. The molecule has 1 aromatic heterocycles. The third-order valence-electron chi connectivity index (χ3n) is 2.33. The van der Waals surface area contributed by atoms with Gasteiger partial charge in [0, 0.05) is 13.1 Å². The molecule has 1 aromatic rings. The van der Waals surface area contributed by atoms with E-state index in [9.17, 15) is 0 Å². The van der Waals surface area contributed by atoms with Gasteiger partial charge in [0.05, 0.1) is 30.8 Å². The molecule has 1 aliphatic heterocycles. The Balaban J connectivity index is 2.10. The van der Waals surface area contributed by atoms with Crippen molar-refractivity contribution in [1.29, 1.82) is 0 Å². The Labute approximate surface area is 83.9 Å². The lowest BCUT2D eigenvalue weighted by atomic mass is 10.3. The van der Waals surface area contributed by atoms with Gasteiger partial charge in [-0.2, -0.15) is 0 Å². The summed E-state index contributed by atoms with van der Waals surface area (Å²) >= 11 is 0. The first-order valence-electron chi connectivity index (χ1n) is 4.91. The smallest absolute Gasteiger partial charge is 0.147 e. The highest BCUT2D eigenvalue weighted by Gasteiger charge is 2.17. The summed E-state index contributed by atoms with van der Waals surface area (Å²) < 4.78 is 5.46. The molecule has 4 heteroatoms. The van der Waals surface area contributed by atoms with Crippen LogP contribution in [0.2, 0.25) is 0 Å². The molecule has 1 saturated heterocycles. The quantitative estimate of drug-likeness (QED) is 0.667. The Bertz CT molecular complexity index is 299. The SMILES string of the molecule is Cc1cnc(N2CCOC(C)C2)cn1. The molecule has 2 rings (SSSR count). The second-order valence-electron chi connectivity index (χ2n) is 3.64. The summed E-state index contributed by atoms with van der Waals surface area (Å²) in [5.41, 5.74) is 0.954. The fourth-order valence-corrected chi connectivity index (χ4v) is 1.58. The highest BCUT2D eigenvalue weighted by atomic mass is 16.5. The number of aryl methyl sites for hydroxylation is 1. The molecule has 76 valence electrons. The first-order chi connectivity index (χ1) is 6.75. The summed E-state index contributed by atoms with van der Waals surface area (Å²) in [5, 5.41) is 0. The molecule has 0 N–H and O–H groups in total. The first kappa shape index (κ1) is 9.40. The van der Waals surface area contributed by atoms with Gasteiger partial charge >= 0.3 is 0 Å². The van der Waals surface area contributed by atoms with Gasteiger partial charge < -0.3 is 9.64 Å². The van der Waals surface area contributed by atoms with Crippen molar-refractivity contribution in [3.05, 3.63) is 18.1 Å². The molecule has 1 fully saturated rings. The van der Waals surface area contributed by atoms with E-state index in [-0.39, 0.29) is 6.10 Å². The number of ether oxygens (including phenoxy) is 1. The lowest BCUT2D eigenvalue weighted by Crippen LogP contribution is -2.41. The van der Waals surface area contributed by atoms with Crippen LogP contribution in [0.4, 0.5) is 5.82 Å². The minimum Gasteiger partial charge on any atom is -0.375 e. The molecule has 0 aliphatic carbocycles. The summed E-state index contributed by atoms with van der Waals surface area (Å²) in [7, 11) is 0. The second kappa shape index (κ2) is 3.92. The van der Waals surface area contributed by atoms with Crippen LogP contribution in [0, 0.1) is 6.92 Å². The van der Waals surface area contributed by atoms with E-state index in [1.165, 1.54) is 0 Å². The van der Waals surface area contributed by atoms with Crippen molar-refractivity contribution in [2.24, 2.45) is 0 Å². The lowest BCUT2D eigenvalue weighted by molar-refractivity contribution is 0.0529. The molecule has 1 aliphatic rings. The molecular formula is C10H15N3O. The number of rotatable bonds is 1. The highest BCUT2D eigenvalue weighted by Crippen LogP contribution is 2.13. The van der Waals surface area contributed by atoms with E-state index in [4.69, 9.17) is 4.74 Å². The van der Waals surface area contributed by atoms with Crippen molar-refractivity contribution in [3.8, 4) is 0 Å². The fraction of sp³-hybridized carbons (Fsp3) is 0.600. The molecule has 0 spiro atoms. The first-order valence-corrected chi connectivity index (χ1v) is 4.91. The Morgan fingerprint density at radius 3 is 2.93 bits per heavy atom. The topological polar surface area (TPSA) is 38.2 Å². The predicted octanol–water partition coefficient (Wildman–Crippen LogP) is 1.01. The number of morpholine rings is 1. The zero-order chi connectivity index (χ0) is 9.97. The maximum atomic E-state index is 5.46. The van der Waals surface area contributed by atoms with Gasteiger partial charge in [-0.05, 0) is 13.8 Å². The zero-order valence-corrected chi connectivity index (χ0v) is 8.60. The third kappa shape index (κ3) is 2.01. The van der Waals surface area contributed by atoms with E-state index in [0.717, 1.165) is 31.2 Å². The molecule has 0 amide bonds. The van der Waals surface area contributed by atoms with Crippen LogP contribution in [-0.2, 0) is 4.74 Å². The highest BCUT2D eigenvalue weighted by molar-refractivity contribution is 5.36. The average Bonchev–Trinajstić information content (AvgIpc) is 2.19. The lowest BCUT2D eigenvalue weighted by Gasteiger charge is -2.31. The average molecular weight is 193 g/mol. The largest absolute Gasteiger partial charge is 0.375 e. The molecule has 4 nitrogen and oxygen atoms in total. The Morgan fingerprint density at radius 2 is 2.29 bits per heavy atom. The number of nitrogens with zero attached hydrogens (tertiary/aromatic N) is 3. The van der Waals surface area contributed by atoms with Crippen LogP contribution in [-0.4, -0.2) is 35.8 Å². The third-order valence-corrected chi connectivity index (χ3v) is 2.33. The molecule has 0 aromatic carbocycles. The minimum atomic E-state index is 0.284. The molecule has 1 atom stereocenters. The Morgan fingerprint density at radius 1 is 1.43 bits per heavy atom. The van der Waals surface area contributed by atoms with Gasteiger partial charge in [0.15, 0.2) is 0 Å². The molecule has 0 radical (unpaired) electrons. The van der Waals surface area contributed by atoms with E-state index in [0.29, 0.717) is 0 Å². The minimum absolute atomic E-state index is 0.284. The number of hydrogen-bond donors (Lipinski definition) is 0. The molecule has 14 heavy (non-hydrogen) atoms. The van der Waals surface area contributed by atoms with Crippen LogP contribution in [0.5, 0.6) is 0 Å².